The van der Waals surface area contributed by atoms with E-state index in [1.54, 1.807) is 6.07 Å². The first-order valence-corrected chi connectivity index (χ1v) is 12.4. The second kappa shape index (κ2) is 13.2. The fraction of sp³-hybridized carbons (Fsp3) is 0.370. The van der Waals surface area contributed by atoms with Crippen molar-refractivity contribution in [3.05, 3.63) is 76.5 Å². The van der Waals surface area contributed by atoms with Gasteiger partial charge in [0.15, 0.2) is 0 Å². The minimum absolute atomic E-state index is 0.0452. The summed E-state index contributed by atoms with van der Waals surface area (Å²) in [4.78, 5) is 24.3. The molecule has 1 aliphatic heterocycles. The molecule has 4 rings (SSSR count). The molecule has 0 radical (unpaired) electrons. The number of carbonyl (C=O) groups is 1. The summed E-state index contributed by atoms with van der Waals surface area (Å²) >= 11 is 0. The third-order valence-corrected chi connectivity index (χ3v) is 6.09. The number of likely N-dealkylation sites (N-methyl/N-ethyl adjacent to an activating group) is 1. The van der Waals surface area contributed by atoms with Crippen LogP contribution >= 0.6 is 0 Å². The number of nitrogens with one attached hydrogen (secondary N) is 1. The van der Waals surface area contributed by atoms with Crippen molar-refractivity contribution in [2.75, 3.05) is 45.2 Å². The van der Waals surface area contributed by atoms with Gasteiger partial charge in [0.05, 0.1) is 17.3 Å². The maximum Gasteiger partial charge on any atom is 0.416 e. The molecule has 0 spiro atoms. The van der Waals surface area contributed by atoms with E-state index in [2.05, 4.69) is 27.2 Å². The zero-order valence-corrected chi connectivity index (χ0v) is 22.5. The van der Waals surface area contributed by atoms with Gasteiger partial charge in [-0.25, -0.2) is 9.78 Å². The van der Waals surface area contributed by atoms with Crippen LogP contribution in [0.3, 0.4) is 0 Å². The first kappa shape index (κ1) is 31.6. The lowest BCUT2D eigenvalue weighted by molar-refractivity contribution is -0.143. The molecule has 2 N–H and O–H groups in total. The fourth-order valence-corrected chi connectivity index (χ4v) is 3.84. The number of rotatable bonds is 6. The van der Waals surface area contributed by atoms with E-state index < -0.39 is 29.4 Å². The number of benzene rings is 2. The summed E-state index contributed by atoms with van der Waals surface area (Å²) in [7, 11) is 3.51. The van der Waals surface area contributed by atoms with E-state index in [0.717, 1.165) is 31.7 Å². The zero-order valence-electron chi connectivity index (χ0n) is 22.5. The Morgan fingerprint density at radius 3 is 2.10 bits per heavy atom. The van der Waals surface area contributed by atoms with Crippen molar-refractivity contribution < 1.29 is 41.0 Å². The highest BCUT2D eigenvalue weighted by atomic mass is 19.4. The number of anilines is 1. The molecule has 14 heteroatoms. The van der Waals surface area contributed by atoms with Crippen LogP contribution in [0.15, 0.2) is 48.7 Å². The standard InChI is InChI=1S/C17H20N4O3.C10H9F6N/c1-12-5-3-4-6-14(12)24-15-13(16(22)23)11-18-17(19-15)21-9-7-20(2)8-10-21;1-17-5-6-2-7(9(11,12)13)4-8(3-6)10(14,15)16/h3-6,11H,7-10H2,1-2H3,(H,22,23);2-4,17H,5H2,1H3. The summed E-state index contributed by atoms with van der Waals surface area (Å²) in [6.45, 7) is 5.26. The number of para-hydroxylation sites is 1. The maximum atomic E-state index is 12.4. The van der Waals surface area contributed by atoms with Crippen LogP contribution in [0.4, 0.5) is 32.3 Å². The molecule has 0 bridgehead atoms. The van der Waals surface area contributed by atoms with Gasteiger partial charge in [0.2, 0.25) is 11.8 Å². The molecule has 222 valence electrons. The lowest BCUT2D eigenvalue weighted by Crippen LogP contribution is -2.45. The second-order valence-electron chi connectivity index (χ2n) is 9.30. The minimum atomic E-state index is -4.79. The molecule has 8 nitrogen and oxygen atoms in total. The van der Waals surface area contributed by atoms with Crippen LogP contribution in [-0.4, -0.2) is 66.2 Å². The molecule has 41 heavy (non-hydrogen) atoms. The second-order valence-corrected chi connectivity index (χ2v) is 9.30. The molecule has 1 aromatic heterocycles. The van der Waals surface area contributed by atoms with Crippen molar-refractivity contribution in [1.29, 1.82) is 0 Å². The highest BCUT2D eigenvalue weighted by Gasteiger charge is 2.36. The summed E-state index contributed by atoms with van der Waals surface area (Å²) in [5, 5.41) is 11.9. The highest BCUT2D eigenvalue weighted by molar-refractivity contribution is 5.90. The lowest BCUT2D eigenvalue weighted by Gasteiger charge is -2.32. The molecule has 1 aliphatic rings. The van der Waals surface area contributed by atoms with Gasteiger partial charge in [-0.05, 0) is 56.4 Å². The Bertz CT molecular complexity index is 1310. The fourth-order valence-electron chi connectivity index (χ4n) is 3.84. The maximum absolute atomic E-state index is 12.4. The number of aromatic nitrogens is 2. The van der Waals surface area contributed by atoms with Gasteiger partial charge in [-0.1, -0.05) is 18.2 Å². The molecular weight excluding hydrogens is 556 g/mol. The number of carboxylic acids is 1. The van der Waals surface area contributed by atoms with E-state index in [9.17, 15) is 36.2 Å². The van der Waals surface area contributed by atoms with E-state index in [1.165, 1.54) is 13.2 Å². The Balaban J connectivity index is 0.000000241. The number of nitrogens with zero attached hydrogens (tertiary/aromatic N) is 4. The van der Waals surface area contributed by atoms with Crippen LogP contribution in [0.1, 0.15) is 32.6 Å². The average Bonchev–Trinajstić information content (AvgIpc) is 2.90. The summed E-state index contributed by atoms with van der Waals surface area (Å²) in [6, 6.07) is 8.94. The molecule has 1 saturated heterocycles. The van der Waals surface area contributed by atoms with Crippen molar-refractivity contribution in [1.82, 2.24) is 20.2 Å². The van der Waals surface area contributed by atoms with Crippen molar-refractivity contribution in [3.63, 3.8) is 0 Å². The zero-order chi connectivity index (χ0) is 30.4. The van der Waals surface area contributed by atoms with Crippen LogP contribution in [-0.2, 0) is 18.9 Å². The number of aryl methyl sites for hydroxylation is 1. The van der Waals surface area contributed by atoms with Gasteiger partial charge in [0.1, 0.15) is 11.3 Å². The Morgan fingerprint density at radius 1 is 1.00 bits per heavy atom. The van der Waals surface area contributed by atoms with Crippen LogP contribution in [0.5, 0.6) is 11.6 Å². The third-order valence-electron chi connectivity index (χ3n) is 6.09. The predicted octanol–water partition coefficient (Wildman–Crippen LogP) is 5.47. The van der Waals surface area contributed by atoms with E-state index in [0.29, 0.717) is 23.8 Å². The summed E-state index contributed by atoms with van der Waals surface area (Å²) in [6.07, 6.45) is -8.26. The van der Waals surface area contributed by atoms with E-state index in [4.69, 9.17) is 4.74 Å². The van der Waals surface area contributed by atoms with E-state index in [1.807, 2.05) is 30.0 Å². The topological polar surface area (TPSA) is 90.8 Å². The Hall–Kier alpha value is -3.91. The number of carboxylic acid groups (broad SMARTS) is 1. The first-order valence-electron chi connectivity index (χ1n) is 12.4. The van der Waals surface area contributed by atoms with E-state index >= 15 is 0 Å². The van der Waals surface area contributed by atoms with Crippen molar-refractivity contribution in [3.8, 4) is 11.6 Å². The smallest absolute Gasteiger partial charge is 0.416 e. The molecule has 0 atom stereocenters. The molecule has 0 saturated carbocycles. The molecular formula is C27H29F6N5O3. The van der Waals surface area contributed by atoms with Gasteiger partial charge < -0.3 is 25.0 Å². The van der Waals surface area contributed by atoms with Crippen LogP contribution in [0, 0.1) is 6.92 Å². The predicted molar refractivity (Wildman–Crippen MR) is 139 cm³/mol. The average molecular weight is 586 g/mol. The molecule has 2 aromatic carbocycles. The molecule has 0 unspecified atom stereocenters. The normalized spacial score (nSPS) is 14.3. The number of halogens is 6. The minimum Gasteiger partial charge on any atom is -0.477 e. The Morgan fingerprint density at radius 2 is 1.59 bits per heavy atom. The molecule has 0 aliphatic carbocycles. The van der Waals surface area contributed by atoms with Gasteiger partial charge >= 0.3 is 18.3 Å². The largest absolute Gasteiger partial charge is 0.477 e. The monoisotopic (exact) mass is 585 g/mol. The Kier molecular flexibility index (Phi) is 10.2. The lowest BCUT2D eigenvalue weighted by atomic mass is 10.0. The quantitative estimate of drug-likeness (QED) is 0.368. The van der Waals surface area contributed by atoms with E-state index in [-0.39, 0.29) is 29.6 Å². The van der Waals surface area contributed by atoms with Gasteiger partial charge in [0.25, 0.3) is 0 Å². The van der Waals surface area contributed by atoms with Gasteiger partial charge in [-0.3, -0.25) is 0 Å². The van der Waals surface area contributed by atoms with Gasteiger partial charge in [-0.15, -0.1) is 0 Å². The SMILES string of the molecule is CNCc1cc(C(F)(F)F)cc(C(F)(F)F)c1.Cc1ccccc1Oc1nc(N2CCN(C)CC2)ncc1C(=O)O. The molecule has 2 heterocycles. The number of piperazine rings is 1. The molecule has 0 amide bonds. The molecule has 3 aromatic rings. The summed E-state index contributed by atoms with van der Waals surface area (Å²) in [5.41, 5.74) is -1.78. The first-order chi connectivity index (χ1) is 19.2. The Labute approximate surface area is 232 Å². The van der Waals surface area contributed by atoms with Crippen molar-refractivity contribution in [2.45, 2.75) is 25.8 Å². The highest BCUT2D eigenvalue weighted by Crippen LogP contribution is 2.36. The number of hydrogen-bond acceptors (Lipinski definition) is 7. The van der Waals surface area contributed by atoms with Gasteiger partial charge in [-0.2, -0.15) is 31.3 Å². The number of alkyl halides is 6. The van der Waals surface area contributed by atoms with Crippen molar-refractivity contribution in [2.24, 2.45) is 0 Å². The third kappa shape index (κ3) is 8.79. The summed E-state index contributed by atoms with van der Waals surface area (Å²) < 4.78 is 80.1. The van der Waals surface area contributed by atoms with Crippen LogP contribution < -0.4 is 15.0 Å². The summed E-state index contributed by atoms with van der Waals surface area (Å²) in [5.74, 6) is 0.0453. The number of ether oxygens (including phenoxy) is 1. The number of aromatic carboxylic acids is 1. The van der Waals surface area contributed by atoms with Crippen LogP contribution in [0.2, 0.25) is 0 Å². The van der Waals surface area contributed by atoms with Crippen LogP contribution in [0.25, 0.3) is 0 Å². The van der Waals surface area contributed by atoms with Crippen molar-refractivity contribution >= 4 is 11.9 Å². The van der Waals surface area contributed by atoms with Gasteiger partial charge in [0, 0.05) is 32.7 Å². The number of hydrogen-bond donors (Lipinski definition) is 2. The molecule has 1 fully saturated rings.